The minimum absolute atomic E-state index is 0.0118. The lowest BCUT2D eigenvalue weighted by atomic mass is 9.69. The van der Waals surface area contributed by atoms with Crippen molar-refractivity contribution in [2.45, 2.75) is 49.9 Å². The average Bonchev–Trinajstić information content (AvgIpc) is 3.27. The van der Waals surface area contributed by atoms with Gasteiger partial charge in [0.2, 0.25) is 5.91 Å². The monoisotopic (exact) mass is 411 g/mol. The van der Waals surface area contributed by atoms with E-state index in [2.05, 4.69) is 58.9 Å². The molecule has 1 aromatic heterocycles. The first-order chi connectivity index (χ1) is 14.3. The smallest absolute Gasteiger partial charge is 0.318 e. The molecule has 2 fully saturated rings. The molecule has 4 rings (SSSR count). The van der Waals surface area contributed by atoms with Crippen LogP contribution in [0.4, 0.5) is 4.79 Å². The van der Waals surface area contributed by atoms with E-state index in [9.17, 15) is 9.59 Å². The van der Waals surface area contributed by atoms with E-state index in [1.165, 1.54) is 10.2 Å². The van der Waals surface area contributed by atoms with Crippen molar-refractivity contribution in [2.75, 3.05) is 20.6 Å². The minimum atomic E-state index is -0.477. The highest BCUT2D eigenvalue weighted by Crippen LogP contribution is 2.45. The summed E-state index contributed by atoms with van der Waals surface area (Å²) < 4.78 is 1.40. The number of benzene rings is 1. The summed E-state index contributed by atoms with van der Waals surface area (Å²) in [6, 6.07) is 10.6. The van der Waals surface area contributed by atoms with Crippen LogP contribution < -0.4 is 11.1 Å². The Morgan fingerprint density at radius 1 is 1.20 bits per heavy atom. The van der Waals surface area contributed by atoms with Crippen molar-refractivity contribution in [1.29, 1.82) is 0 Å². The van der Waals surface area contributed by atoms with Gasteiger partial charge in [0, 0.05) is 12.1 Å². The number of aromatic nitrogens is 3. The van der Waals surface area contributed by atoms with Crippen molar-refractivity contribution >= 4 is 11.9 Å². The molecule has 1 aliphatic carbocycles. The summed E-state index contributed by atoms with van der Waals surface area (Å²) in [5, 5.41) is 11.2. The maximum atomic E-state index is 12.7. The van der Waals surface area contributed by atoms with E-state index in [1.807, 2.05) is 6.07 Å². The summed E-state index contributed by atoms with van der Waals surface area (Å²) in [7, 11) is 4.28. The lowest BCUT2D eigenvalue weighted by molar-refractivity contribution is -0.118. The van der Waals surface area contributed by atoms with Crippen LogP contribution in [0.25, 0.3) is 0 Å². The summed E-state index contributed by atoms with van der Waals surface area (Å²) in [5.41, 5.74) is 6.94. The number of hydrogen-bond donors (Lipinski definition) is 2. The molecule has 30 heavy (non-hydrogen) atoms. The first-order valence-corrected chi connectivity index (χ1v) is 10.3. The van der Waals surface area contributed by atoms with Crippen molar-refractivity contribution < 1.29 is 9.59 Å². The Morgan fingerprint density at radius 2 is 1.90 bits per heavy atom. The SMILES string of the molecule is CN(C)C1(c2ccccc2)CCC2(CC1)CN(Cc1cn(CC(N)=O)nn1)C(=O)N2. The summed E-state index contributed by atoms with van der Waals surface area (Å²) in [4.78, 5) is 27.8. The normalized spacial score (nSPS) is 26.4. The molecule has 0 unspecified atom stereocenters. The van der Waals surface area contributed by atoms with Crippen LogP contribution >= 0.6 is 0 Å². The fourth-order valence-corrected chi connectivity index (χ4v) is 4.92. The Labute approximate surface area is 176 Å². The van der Waals surface area contributed by atoms with E-state index in [1.54, 1.807) is 11.1 Å². The number of nitrogens with one attached hydrogen (secondary N) is 1. The van der Waals surface area contributed by atoms with Gasteiger partial charge in [-0.2, -0.15) is 0 Å². The predicted octanol–water partition coefficient (Wildman–Crippen LogP) is 1.06. The maximum Gasteiger partial charge on any atom is 0.318 e. The molecule has 2 heterocycles. The molecule has 3 amide bonds. The van der Waals surface area contributed by atoms with Crippen molar-refractivity contribution in [1.82, 2.24) is 30.1 Å². The molecule has 1 aromatic carbocycles. The molecule has 1 aliphatic heterocycles. The standard InChI is InChI=1S/C21H29N7O2/c1-26(2)21(16-6-4-3-5-7-16)10-8-20(9-11-21)15-27(19(30)23-20)12-17-13-28(25-24-17)14-18(22)29/h3-7,13H,8-12,14-15H2,1-2H3,(H2,22,29)(H,23,30). The van der Waals surface area contributed by atoms with Crippen LogP contribution in [-0.2, 0) is 23.4 Å². The number of urea groups is 1. The van der Waals surface area contributed by atoms with Crippen LogP contribution in [0.1, 0.15) is 36.9 Å². The molecule has 2 aromatic rings. The quantitative estimate of drug-likeness (QED) is 0.739. The van der Waals surface area contributed by atoms with Gasteiger partial charge in [-0.25, -0.2) is 9.48 Å². The van der Waals surface area contributed by atoms with Gasteiger partial charge >= 0.3 is 6.03 Å². The van der Waals surface area contributed by atoms with E-state index in [0.717, 1.165) is 25.7 Å². The zero-order valence-corrected chi connectivity index (χ0v) is 17.5. The van der Waals surface area contributed by atoms with Gasteiger partial charge in [-0.1, -0.05) is 35.5 Å². The molecule has 0 atom stereocenters. The van der Waals surface area contributed by atoms with E-state index in [0.29, 0.717) is 18.8 Å². The molecule has 0 bridgehead atoms. The van der Waals surface area contributed by atoms with Crippen molar-refractivity contribution in [3.8, 4) is 0 Å². The Morgan fingerprint density at radius 3 is 2.53 bits per heavy atom. The second-order valence-electron chi connectivity index (χ2n) is 8.73. The first-order valence-electron chi connectivity index (χ1n) is 10.3. The number of nitrogens with zero attached hydrogens (tertiary/aromatic N) is 5. The van der Waals surface area contributed by atoms with Crippen LogP contribution in [0.5, 0.6) is 0 Å². The fraction of sp³-hybridized carbons (Fsp3) is 0.524. The molecule has 1 spiro atoms. The Kier molecular flexibility index (Phi) is 5.23. The summed E-state index contributed by atoms with van der Waals surface area (Å²) in [5.74, 6) is -0.477. The summed E-state index contributed by atoms with van der Waals surface area (Å²) in [6.07, 6.45) is 5.45. The Balaban J connectivity index is 1.44. The van der Waals surface area contributed by atoms with E-state index < -0.39 is 5.91 Å². The number of primary amides is 1. The van der Waals surface area contributed by atoms with Crippen LogP contribution in [0.2, 0.25) is 0 Å². The highest BCUT2D eigenvalue weighted by molar-refractivity contribution is 5.78. The van der Waals surface area contributed by atoms with Gasteiger partial charge in [-0.3, -0.25) is 9.69 Å². The van der Waals surface area contributed by atoms with Crippen molar-refractivity contribution in [3.63, 3.8) is 0 Å². The molecular weight excluding hydrogens is 382 g/mol. The molecule has 3 N–H and O–H groups in total. The number of hydrogen-bond acceptors (Lipinski definition) is 5. The van der Waals surface area contributed by atoms with Gasteiger partial charge in [0.15, 0.2) is 0 Å². The summed E-state index contributed by atoms with van der Waals surface area (Å²) in [6.45, 7) is 0.992. The molecular formula is C21H29N7O2. The van der Waals surface area contributed by atoms with Gasteiger partial charge in [-0.15, -0.1) is 5.10 Å². The molecule has 9 nitrogen and oxygen atoms in total. The topological polar surface area (TPSA) is 109 Å². The predicted molar refractivity (Wildman–Crippen MR) is 111 cm³/mol. The van der Waals surface area contributed by atoms with Gasteiger partial charge in [-0.05, 0) is 45.3 Å². The second-order valence-corrected chi connectivity index (χ2v) is 8.73. The highest BCUT2D eigenvalue weighted by atomic mass is 16.2. The first kappa shape index (κ1) is 20.3. The largest absolute Gasteiger partial charge is 0.368 e. The average molecular weight is 412 g/mol. The number of nitrogens with two attached hydrogens (primary N) is 1. The molecule has 1 saturated heterocycles. The van der Waals surface area contributed by atoms with E-state index in [4.69, 9.17) is 5.73 Å². The fourth-order valence-electron chi connectivity index (χ4n) is 4.92. The Bertz CT molecular complexity index is 916. The Hall–Kier alpha value is -2.94. The zero-order chi connectivity index (χ0) is 21.4. The zero-order valence-electron chi connectivity index (χ0n) is 17.5. The van der Waals surface area contributed by atoms with Crippen molar-refractivity contribution in [2.24, 2.45) is 5.73 Å². The number of amides is 3. The maximum absolute atomic E-state index is 12.7. The van der Waals surface area contributed by atoms with Crippen molar-refractivity contribution in [3.05, 3.63) is 47.8 Å². The van der Waals surface area contributed by atoms with Gasteiger partial charge in [0.1, 0.15) is 12.2 Å². The third kappa shape index (κ3) is 3.77. The molecule has 160 valence electrons. The highest BCUT2D eigenvalue weighted by Gasteiger charge is 2.50. The van der Waals surface area contributed by atoms with Crippen LogP contribution in [0, 0.1) is 0 Å². The molecule has 1 saturated carbocycles. The number of carbonyl (C=O) groups excluding carboxylic acids is 2. The van der Waals surface area contributed by atoms with E-state index >= 15 is 0 Å². The molecule has 9 heteroatoms. The molecule has 2 aliphatic rings. The van der Waals surface area contributed by atoms with Crippen LogP contribution in [0.3, 0.4) is 0 Å². The van der Waals surface area contributed by atoms with Crippen LogP contribution in [-0.4, -0.2) is 62.9 Å². The third-order valence-corrected chi connectivity index (χ3v) is 6.61. The van der Waals surface area contributed by atoms with Gasteiger partial charge in [0.25, 0.3) is 0 Å². The van der Waals surface area contributed by atoms with Gasteiger partial charge in [0.05, 0.1) is 18.3 Å². The third-order valence-electron chi connectivity index (χ3n) is 6.61. The lowest BCUT2D eigenvalue weighted by Crippen LogP contribution is -2.54. The van der Waals surface area contributed by atoms with Crippen LogP contribution in [0.15, 0.2) is 36.5 Å². The minimum Gasteiger partial charge on any atom is -0.368 e. The lowest BCUT2D eigenvalue weighted by Gasteiger charge is -2.48. The van der Waals surface area contributed by atoms with E-state index in [-0.39, 0.29) is 23.7 Å². The van der Waals surface area contributed by atoms with Gasteiger partial charge < -0.3 is 16.0 Å². The summed E-state index contributed by atoms with van der Waals surface area (Å²) >= 11 is 0. The molecule has 0 radical (unpaired) electrons. The number of carbonyl (C=O) groups is 2. The second kappa shape index (κ2) is 7.71. The number of rotatable bonds is 6.